The van der Waals surface area contributed by atoms with Gasteiger partial charge in [-0.15, -0.1) is 0 Å². The van der Waals surface area contributed by atoms with Crippen LogP contribution in [-0.4, -0.2) is 50.5 Å². The fourth-order valence-electron chi connectivity index (χ4n) is 3.14. The molecule has 4 N–H and O–H groups in total. The molecule has 1 aromatic rings. The molecule has 0 aromatic heterocycles. The summed E-state index contributed by atoms with van der Waals surface area (Å²) in [6, 6.07) is 3.78. The van der Waals surface area contributed by atoms with E-state index < -0.39 is 27.7 Å². The van der Waals surface area contributed by atoms with Crippen molar-refractivity contribution in [1.29, 1.82) is 0 Å². The van der Waals surface area contributed by atoms with Crippen molar-refractivity contribution in [2.45, 2.75) is 44.8 Å². The number of hydrogen-bond acceptors (Lipinski definition) is 7. The second-order valence-electron chi connectivity index (χ2n) is 7.59. The highest BCUT2D eigenvalue weighted by atomic mass is 16.6. The zero-order chi connectivity index (χ0) is 21.1. The Bertz CT molecular complexity index is 781. The van der Waals surface area contributed by atoms with Gasteiger partial charge >= 0.3 is 0 Å². The number of anilines is 1. The van der Waals surface area contributed by atoms with E-state index in [0.717, 1.165) is 11.1 Å². The van der Waals surface area contributed by atoms with Crippen LogP contribution in [0.4, 0.5) is 11.4 Å². The first-order chi connectivity index (χ1) is 13.0. The molecule has 9 nitrogen and oxygen atoms in total. The number of rotatable bonds is 7. The predicted molar refractivity (Wildman–Crippen MR) is 103 cm³/mol. The zero-order valence-corrected chi connectivity index (χ0v) is 16.3. The number of nitro groups is 1. The largest absolute Gasteiger partial charge is 0.395 e. The molecule has 0 radical (unpaired) electrons. The van der Waals surface area contributed by atoms with Crippen molar-refractivity contribution in [3.63, 3.8) is 0 Å². The Labute approximate surface area is 163 Å². The van der Waals surface area contributed by atoms with Crippen molar-refractivity contribution in [1.82, 2.24) is 5.32 Å². The Morgan fingerprint density at radius 2 is 2.04 bits per heavy atom. The van der Waals surface area contributed by atoms with Gasteiger partial charge in [0.1, 0.15) is 5.69 Å². The first-order valence-electron chi connectivity index (χ1n) is 9.13. The average Bonchev–Trinajstić information content (AvgIpc) is 2.67. The molecule has 0 saturated carbocycles. The molecule has 0 fully saturated rings. The molecular formula is C19H27N3O6. The summed E-state index contributed by atoms with van der Waals surface area (Å²) in [7, 11) is 0. The Morgan fingerprint density at radius 3 is 2.54 bits per heavy atom. The van der Waals surface area contributed by atoms with Crippen LogP contribution in [0.3, 0.4) is 0 Å². The number of aliphatic hydroxyl groups is 2. The molecule has 1 aromatic carbocycles. The Kier molecular flexibility index (Phi) is 6.43. The second-order valence-corrected chi connectivity index (χ2v) is 7.59. The van der Waals surface area contributed by atoms with Gasteiger partial charge in [0, 0.05) is 18.2 Å². The third-order valence-electron chi connectivity index (χ3n) is 5.31. The van der Waals surface area contributed by atoms with Crippen molar-refractivity contribution < 1.29 is 25.1 Å². The third-order valence-corrected chi connectivity index (χ3v) is 5.31. The fourth-order valence-corrected chi connectivity index (χ4v) is 3.14. The SMILES string of the molecule is CC(C)C1(O)C=CC(C)(N(O)c2ccc(C(=O)NCCO)cc2[N+](=O)[O-])CC1. The summed E-state index contributed by atoms with van der Waals surface area (Å²) in [6.07, 6.45) is 4.06. The zero-order valence-electron chi connectivity index (χ0n) is 16.3. The van der Waals surface area contributed by atoms with Crippen LogP contribution in [0, 0.1) is 16.0 Å². The molecule has 0 heterocycles. The van der Waals surface area contributed by atoms with Crippen LogP contribution < -0.4 is 10.4 Å². The molecule has 154 valence electrons. The van der Waals surface area contributed by atoms with E-state index in [1.165, 1.54) is 12.1 Å². The third kappa shape index (κ3) is 4.32. The number of nitro benzene ring substituents is 1. The minimum atomic E-state index is -0.985. The van der Waals surface area contributed by atoms with Crippen LogP contribution in [0.1, 0.15) is 44.0 Å². The van der Waals surface area contributed by atoms with Gasteiger partial charge in [-0.05, 0) is 37.8 Å². The van der Waals surface area contributed by atoms with E-state index >= 15 is 0 Å². The lowest BCUT2D eigenvalue weighted by molar-refractivity contribution is -0.384. The van der Waals surface area contributed by atoms with Crippen LogP contribution in [-0.2, 0) is 0 Å². The molecule has 2 rings (SSSR count). The number of nitrogens with zero attached hydrogens (tertiary/aromatic N) is 2. The van der Waals surface area contributed by atoms with Gasteiger partial charge in [0.05, 0.1) is 22.7 Å². The van der Waals surface area contributed by atoms with Crippen LogP contribution in [0.15, 0.2) is 30.4 Å². The lowest BCUT2D eigenvalue weighted by atomic mass is 9.75. The first kappa shape index (κ1) is 21.8. The van der Waals surface area contributed by atoms with E-state index in [-0.39, 0.29) is 30.3 Å². The number of nitrogens with one attached hydrogen (secondary N) is 1. The van der Waals surface area contributed by atoms with Crippen molar-refractivity contribution in [2.75, 3.05) is 18.2 Å². The number of hydroxylamine groups is 1. The number of carbonyl (C=O) groups excluding carboxylic acids is 1. The van der Waals surface area contributed by atoms with Crippen molar-refractivity contribution in [3.05, 3.63) is 46.0 Å². The highest BCUT2D eigenvalue weighted by Gasteiger charge is 2.41. The quantitative estimate of drug-likeness (QED) is 0.316. The highest BCUT2D eigenvalue weighted by Crippen LogP contribution is 2.40. The summed E-state index contributed by atoms with van der Waals surface area (Å²) in [5.41, 5.74) is -2.35. The Balaban J connectivity index is 2.36. The normalized spacial score (nSPS) is 24.2. The molecule has 0 spiro atoms. The topological polar surface area (TPSA) is 136 Å². The maximum Gasteiger partial charge on any atom is 0.295 e. The summed E-state index contributed by atoms with van der Waals surface area (Å²) in [5.74, 6) is -0.564. The van der Waals surface area contributed by atoms with Gasteiger partial charge in [-0.2, -0.15) is 0 Å². The summed E-state index contributed by atoms with van der Waals surface area (Å²) >= 11 is 0. The fraction of sp³-hybridized carbons (Fsp3) is 0.526. The van der Waals surface area contributed by atoms with E-state index in [0.29, 0.717) is 12.8 Å². The van der Waals surface area contributed by atoms with E-state index in [4.69, 9.17) is 5.11 Å². The molecule has 0 saturated heterocycles. The van der Waals surface area contributed by atoms with Crippen LogP contribution in [0.5, 0.6) is 0 Å². The molecule has 9 heteroatoms. The number of aliphatic hydroxyl groups excluding tert-OH is 1. The van der Waals surface area contributed by atoms with Crippen molar-refractivity contribution >= 4 is 17.3 Å². The molecular weight excluding hydrogens is 366 g/mol. The molecule has 1 aliphatic rings. The maximum absolute atomic E-state index is 12.0. The minimum absolute atomic E-state index is 0.00787. The van der Waals surface area contributed by atoms with Crippen LogP contribution in [0.2, 0.25) is 0 Å². The van der Waals surface area contributed by atoms with Gasteiger partial charge in [-0.3, -0.25) is 20.1 Å². The molecule has 0 aliphatic heterocycles. The predicted octanol–water partition coefficient (Wildman–Crippen LogP) is 2.01. The number of benzene rings is 1. The van der Waals surface area contributed by atoms with Crippen LogP contribution >= 0.6 is 0 Å². The Hall–Kier alpha value is -2.49. The minimum Gasteiger partial charge on any atom is -0.395 e. The van der Waals surface area contributed by atoms with Gasteiger partial charge in [-0.1, -0.05) is 26.0 Å². The van der Waals surface area contributed by atoms with E-state index in [9.17, 15) is 25.2 Å². The lowest BCUT2D eigenvalue weighted by Crippen LogP contribution is -2.49. The standard InChI is InChI=1S/C19H27N3O6/c1-13(2)19(25)8-6-18(3,7-9-19)21(26)15-5-4-14(12-16(15)22(27)28)17(24)20-10-11-23/h4-6,8,12-13,23,25-26H,7,9-11H2,1-3H3,(H,20,24). The van der Waals surface area contributed by atoms with E-state index in [1.54, 1.807) is 19.1 Å². The number of amides is 1. The molecule has 28 heavy (non-hydrogen) atoms. The average molecular weight is 393 g/mol. The first-order valence-corrected chi connectivity index (χ1v) is 9.13. The van der Waals surface area contributed by atoms with Gasteiger partial charge in [0.15, 0.2) is 0 Å². The number of carbonyl (C=O) groups is 1. The number of hydrogen-bond donors (Lipinski definition) is 4. The lowest BCUT2D eigenvalue weighted by Gasteiger charge is -2.43. The Morgan fingerprint density at radius 1 is 1.36 bits per heavy atom. The van der Waals surface area contributed by atoms with Crippen LogP contribution in [0.25, 0.3) is 0 Å². The monoisotopic (exact) mass is 393 g/mol. The second kappa shape index (κ2) is 8.26. The summed E-state index contributed by atoms with van der Waals surface area (Å²) < 4.78 is 0. The molecule has 1 amide bonds. The summed E-state index contributed by atoms with van der Waals surface area (Å²) in [6.45, 7) is 5.30. The van der Waals surface area contributed by atoms with Gasteiger partial charge < -0.3 is 15.5 Å². The van der Waals surface area contributed by atoms with E-state index in [2.05, 4.69) is 5.32 Å². The maximum atomic E-state index is 12.0. The van der Waals surface area contributed by atoms with Gasteiger partial charge in [-0.25, -0.2) is 5.06 Å². The van der Waals surface area contributed by atoms with Crippen molar-refractivity contribution in [2.24, 2.45) is 5.92 Å². The van der Waals surface area contributed by atoms with Gasteiger partial charge in [0.2, 0.25) is 0 Å². The van der Waals surface area contributed by atoms with Gasteiger partial charge in [0.25, 0.3) is 11.6 Å². The van der Waals surface area contributed by atoms with Crippen molar-refractivity contribution in [3.8, 4) is 0 Å². The summed E-state index contributed by atoms with van der Waals surface area (Å²) in [5, 5.41) is 44.9. The molecule has 0 bridgehead atoms. The molecule has 2 unspecified atom stereocenters. The van der Waals surface area contributed by atoms with E-state index in [1.807, 2.05) is 13.8 Å². The molecule has 2 atom stereocenters. The molecule has 1 aliphatic carbocycles. The highest BCUT2D eigenvalue weighted by molar-refractivity contribution is 5.95. The smallest absolute Gasteiger partial charge is 0.295 e. The summed E-state index contributed by atoms with van der Waals surface area (Å²) in [4.78, 5) is 22.9.